The van der Waals surface area contributed by atoms with Crippen LogP contribution in [0.4, 0.5) is 11.5 Å². The predicted octanol–water partition coefficient (Wildman–Crippen LogP) is 3.02. The van der Waals surface area contributed by atoms with Gasteiger partial charge in [-0.1, -0.05) is 0 Å². The Morgan fingerprint density at radius 1 is 1.21 bits per heavy atom. The first-order valence-electron chi connectivity index (χ1n) is 9.75. The number of nitrogens with one attached hydrogen (secondary N) is 1. The maximum Gasteiger partial charge on any atom is 0.132 e. The fraction of sp³-hybridized carbons (Fsp3) is 0.476. The molecule has 0 unspecified atom stereocenters. The minimum atomic E-state index is -0.0774. The van der Waals surface area contributed by atoms with E-state index in [1.54, 1.807) is 13.2 Å². The fourth-order valence-corrected chi connectivity index (χ4v) is 3.49. The summed E-state index contributed by atoms with van der Waals surface area (Å²) in [6, 6.07) is 7.36. The van der Waals surface area contributed by atoms with Crippen LogP contribution in [0.5, 0.6) is 5.75 Å². The fourth-order valence-electron chi connectivity index (χ4n) is 3.49. The average molecular weight is 381 g/mol. The lowest BCUT2D eigenvalue weighted by atomic mass is 10.0. The van der Waals surface area contributed by atoms with Gasteiger partial charge < -0.3 is 20.1 Å². The Hall–Kier alpha value is -2.67. The molecule has 4 rings (SSSR count). The van der Waals surface area contributed by atoms with Crippen LogP contribution < -0.4 is 15.4 Å². The van der Waals surface area contributed by atoms with Gasteiger partial charge in [-0.3, -0.25) is 5.41 Å². The molecule has 1 aromatic heterocycles. The number of hydrogen-bond acceptors (Lipinski definition) is 7. The lowest BCUT2D eigenvalue weighted by Gasteiger charge is -2.32. The molecule has 1 aliphatic carbocycles. The highest BCUT2D eigenvalue weighted by atomic mass is 16.5. The van der Waals surface area contributed by atoms with Gasteiger partial charge in [0.15, 0.2) is 0 Å². The second kappa shape index (κ2) is 7.39. The topological polar surface area (TPSA) is 97.3 Å². The molecule has 2 aliphatic rings. The molecule has 0 bridgehead atoms. The molecule has 1 aromatic carbocycles. The molecule has 0 spiro atoms. The second-order valence-electron chi connectivity index (χ2n) is 7.86. The van der Waals surface area contributed by atoms with Gasteiger partial charge in [-0.15, -0.1) is 0 Å². The predicted molar refractivity (Wildman–Crippen MR) is 109 cm³/mol. The van der Waals surface area contributed by atoms with Gasteiger partial charge in [-0.25, -0.2) is 9.97 Å². The van der Waals surface area contributed by atoms with E-state index >= 15 is 0 Å². The summed E-state index contributed by atoms with van der Waals surface area (Å²) < 4.78 is 11.5. The van der Waals surface area contributed by atoms with Gasteiger partial charge in [-0.05, 0) is 50.8 Å². The Labute approximate surface area is 165 Å². The molecular weight excluding hydrogens is 354 g/mol. The molecule has 7 heteroatoms. The molecule has 2 heterocycles. The number of nitrogens with two attached hydrogens (primary N) is 1. The summed E-state index contributed by atoms with van der Waals surface area (Å²) in [5.74, 6) is 1.57. The number of aromatic nitrogens is 2. The van der Waals surface area contributed by atoms with Crippen LogP contribution in [-0.2, 0) is 4.74 Å². The summed E-state index contributed by atoms with van der Waals surface area (Å²) in [5, 5.41) is 8.66. The molecule has 0 atom stereocenters. The van der Waals surface area contributed by atoms with Gasteiger partial charge in [0.25, 0.3) is 0 Å². The Balaban J connectivity index is 1.54. The van der Waals surface area contributed by atoms with Crippen LogP contribution in [-0.4, -0.2) is 47.6 Å². The van der Waals surface area contributed by atoms with E-state index in [1.165, 1.54) is 6.33 Å². The third-order valence-corrected chi connectivity index (χ3v) is 5.62. The van der Waals surface area contributed by atoms with E-state index in [0.717, 1.165) is 50.3 Å². The molecule has 1 aliphatic heterocycles. The molecule has 2 aromatic rings. The van der Waals surface area contributed by atoms with Crippen molar-refractivity contribution in [1.82, 2.24) is 9.97 Å². The van der Waals surface area contributed by atoms with Crippen LogP contribution in [0.3, 0.4) is 0 Å². The number of ether oxygens (including phenoxy) is 2. The molecule has 1 saturated heterocycles. The zero-order valence-corrected chi connectivity index (χ0v) is 16.4. The van der Waals surface area contributed by atoms with Crippen LogP contribution in [0.1, 0.15) is 43.9 Å². The quantitative estimate of drug-likeness (QED) is 0.590. The molecule has 7 nitrogen and oxygen atoms in total. The molecule has 0 radical (unpaired) electrons. The smallest absolute Gasteiger partial charge is 0.132 e. The van der Waals surface area contributed by atoms with Gasteiger partial charge in [-0.2, -0.15) is 0 Å². The summed E-state index contributed by atoms with van der Waals surface area (Å²) in [5.41, 5.74) is 8.08. The van der Waals surface area contributed by atoms with Crippen molar-refractivity contribution in [3.8, 4) is 5.75 Å². The number of benzene rings is 1. The van der Waals surface area contributed by atoms with Crippen molar-refractivity contribution < 1.29 is 9.47 Å². The maximum absolute atomic E-state index is 8.66. The summed E-state index contributed by atoms with van der Waals surface area (Å²) in [7, 11) is 1.76. The molecule has 3 N–H and O–H groups in total. The summed E-state index contributed by atoms with van der Waals surface area (Å²) in [6.45, 7) is 3.86. The van der Waals surface area contributed by atoms with Crippen molar-refractivity contribution in [2.24, 2.45) is 0 Å². The van der Waals surface area contributed by atoms with Crippen molar-refractivity contribution in [3.63, 3.8) is 0 Å². The normalized spacial score (nSPS) is 18.7. The first-order chi connectivity index (χ1) is 13.5. The first kappa shape index (κ1) is 18.7. The van der Waals surface area contributed by atoms with E-state index < -0.39 is 0 Å². The van der Waals surface area contributed by atoms with Crippen molar-refractivity contribution in [2.45, 2.75) is 44.3 Å². The molecule has 1 saturated carbocycles. The SMILES string of the molecule is COC1CCN(c2cc(C(=N)c3cc(OC4(C)CC4)ccc3N)ncn2)CC1. The first-order valence-corrected chi connectivity index (χ1v) is 9.75. The minimum absolute atomic E-state index is 0.0774. The van der Waals surface area contributed by atoms with Gasteiger partial charge in [0.05, 0.1) is 17.5 Å². The zero-order valence-electron chi connectivity index (χ0n) is 16.4. The van der Waals surface area contributed by atoms with Gasteiger partial charge >= 0.3 is 0 Å². The molecule has 2 fully saturated rings. The number of anilines is 2. The van der Waals surface area contributed by atoms with Crippen molar-refractivity contribution in [1.29, 1.82) is 5.41 Å². The van der Waals surface area contributed by atoms with Crippen LogP contribution in [0.2, 0.25) is 0 Å². The summed E-state index contributed by atoms with van der Waals surface area (Å²) in [4.78, 5) is 10.9. The highest BCUT2D eigenvalue weighted by Gasteiger charge is 2.40. The highest BCUT2D eigenvalue weighted by Crippen LogP contribution is 2.40. The van der Waals surface area contributed by atoms with E-state index in [-0.39, 0.29) is 11.3 Å². The van der Waals surface area contributed by atoms with Gasteiger partial charge in [0.2, 0.25) is 0 Å². The minimum Gasteiger partial charge on any atom is -0.488 e. The largest absolute Gasteiger partial charge is 0.488 e. The molecule has 28 heavy (non-hydrogen) atoms. The van der Waals surface area contributed by atoms with Gasteiger partial charge in [0, 0.05) is 37.5 Å². The van der Waals surface area contributed by atoms with Crippen molar-refractivity contribution >= 4 is 17.2 Å². The standard InChI is InChI=1S/C21H27N5O2/c1-21(7-8-21)28-15-3-4-17(22)16(11-15)20(23)18-12-19(25-13-24-18)26-9-5-14(27-2)6-10-26/h3-4,11-14,23H,5-10,22H2,1-2H3. The van der Waals surface area contributed by atoms with E-state index in [9.17, 15) is 0 Å². The van der Waals surface area contributed by atoms with Crippen LogP contribution in [0.15, 0.2) is 30.6 Å². The van der Waals surface area contributed by atoms with Crippen molar-refractivity contribution in [2.75, 3.05) is 30.8 Å². The third-order valence-electron chi connectivity index (χ3n) is 5.62. The Morgan fingerprint density at radius 3 is 2.64 bits per heavy atom. The average Bonchev–Trinajstić information content (AvgIpc) is 3.45. The highest BCUT2D eigenvalue weighted by molar-refractivity contribution is 6.13. The number of nitrogen functional groups attached to an aromatic ring is 1. The molecule has 0 amide bonds. The van der Waals surface area contributed by atoms with Crippen LogP contribution in [0.25, 0.3) is 0 Å². The summed E-state index contributed by atoms with van der Waals surface area (Å²) >= 11 is 0. The maximum atomic E-state index is 8.66. The van der Waals surface area contributed by atoms with E-state index in [1.807, 2.05) is 18.2 Å². The van der Waals surface area contributed by atoms with Crippen LogP contribution >= 0.6 is 0 Å². The zero-order chi connectivity index (χ0) is 19.7. The number of methoxy groups -OCH3 is 1. The van der Waals surface area contributed by atoms with Gasteiger partial charge in [0.1, 0.15) is 23.5 Å². The molecule has 148 valence electrons. The Morgan fingerprint density at radius 2 is 1.96 bits per heavy atom. The number of rotatable bonds is 6. The Bertz CT molecular complexity index is 873. The third kappa shape index (κ3) is 3.94. The second-order valence-corrected chi connectivity index (χ2v) is 7.86. The van der Waals surface area contributed by atoms with E-state index in [4.69, 9.17) is 20.6 Å². The number of hydrogen-bond donors (Lipinski definition) is 2. The van der Waals surface area contributed by atoms with Crippen molar-refractivity contribution in [3.05, 3.63) is 41.9 Å². The summed E-state index contributed by atoms with van der Waals surface area (Å²) in [6.07, 6.45) is 5.88. The number of piperidine rings is 1. The molecular formula is C21H27N5O2. The monoisotopic (exact) mass is 381 g/mol. The number of nitrogens with zero attached hydrogens (tertiary/aromatic N) is 3. The van der Waals surface area contributed by atoms with E-state index in [2.05, 4.69) is 21.8 Å². The Kier molecular flexibility index (Phi) is 4.93. The van der Waals surface area contributed by atoms with Crippen LogP contribution in [0, 0.1) is 5.41 Å². The van der Waals surface area contributed by atoms with E-state index in [0.29, 0.717) is 23.0 Å². The lowest BCUT2D eigenvalue weighted by Crippen LogP contribution is -2.37. The lowest BCUT2D eigenvalue weighted by molar-refractivity contribution is 0.0818.